The van der Waals surface area contributed by atoms with Gasteiger partial charge in [-0.25, -0.2) is 14.8 Å². The number of aliphatic hydroxyl groups excluding tert-OH is 1. The number of hydrogen-bond acceptors (Lipinski definition) is 21. The largest absolute Gasteiger partial charge is 0.481 e. The van der Waals surface area contributed by atoms with Gasteiger partial charge >= 0.3 is 11.9 Å². The Hall–Kier alpha value is -10.4. The van der Waals surface area contributed by atoms with Crippen molar-refractivity contribution in [1.29, 1.82) is 0 Å². The van der Waals surface area contributed by atoms with Crippen LogP contribution in [0.1, 0.15) is 103 Å². The van der Waals surface area contributed by atoms with Crippen molar-refractivity contribution in [3.63, 3.8) is 0 Å². The second-order valence-electron chi connectivity index (χ2n) is 23.6. The van der Waals surface area contributed by atoms with Crippen LogP contribution in [0.3, 0.4) is 0 Å². The van der Waals surface area contributed by atoms with Crippen LogP contribution in [-0.4, -0.2) is 259 Å². The van der Waals surface area contributed by atoms with E-state index in [2.05, 4.69) is 83.4 Å². The monoisotopic (exact) mass is 1380 g/mol. The molecular weight excluding hydrogens is 1290 g/mol. The van der Waals surface area contributed by atoms with Gasteiger partial charge < -0.3 is 117 Å². The first kappa shape index (κ1) is 80.1. The molecule has 13 amide bonds. The third kappa shape index (κ3) is 27.0. The van der Waals surface area contributed by atoms with Crippen LogP contribution < -0.4 is 81.4 Å². The number of carbonyl (C=O) groups is 15. The van der Waals surface area contributed by atoms with Gasteiger partial charge in [-0.15, -0.1) is 0 Å². The van der Waals surface area contributed by atoms with Gasteiger partial charge in [0.1, 0.15) is 54.4 Å². The van der Waals surface area contributed by atoms with Gasteiger partial charge in [0.05, 0.1) is 51.5 Å². The van der Waals surface area contributed by atoms with E-state index in [-0.39, 0.29) is 77.1 Å². The molecule has 0 spiro atoms. The number of nitrogens with two attached hydrogens (primary N) is 4. The van der Waals surface area contributed by atoms with Crippen LogP contribution >= 0.6 is 0 Å². The molecular formula is C58H92N22O18. The number of hydrogen-bond donors (Lipinski definition) is 20. The molecule has 0 aliphatic carbocycles. The van der Waals surface area contributed by atoms with Gasteiger partial charge in [-0.2, -0.15) is 0 Å². The summed E-state index contributed by atoms with van der Waals surface area (Å²) >= 11 is 0. The van der Waals surface area contributed by atoms with Crippen molar-refractivity contribution >= 4 is 94.7 Å². The minimum atomic E-state index is -1.67. The van der Waals surface area contributed by atoms with Gasteiger partial charge in [0.2, 0.25) is 76.8 Å². The van der Waals surface area contributed by atoms with Crippen molar-refractivity contribution < 1.29 is 87.2 Å². The summed E-state index contributed by atoms with van der Waals surface area (Å²) in [4.78, 5) is 218. The van der Waals surface area contributed by atoms with Gasteiger partial charge in [0, 0.05) is 62.7 Å². The maximum Gasteiger partial charge on any atom is 0.326 e. The summed E-state index contributed by atoms with van der Waals surface area (Å²) in [6, 6.07) is -12.1. The highest BCUT2D eigenvalue weighted by Crippen LogP contribution is 2.20. The maximum atomic E-state index is 14.1. The Bertz CT molecular complexity index is 3110. The summed E-state index contributed by atoms with van der Waals surface area (Å²) in [6.45, 7) is 1.88. The molecule has 0 radical (unpaired) electrons. The molecule has 40 heteroatoms. The molecule has 4 heterocycles. The highest BCUT2D eigenvalue weighted by Gasteiger charge is 2.40. The van der Waals surface area contributed by atoms with Crippen molar-refractivity contribution in [3.05, 3.63) is 36.4 Å². The normalized spacial score (nSPS) is 16.6. The number of aliphatic carboxylic acids is 2. The standard InChI is InChI=1S/C58H92N22O18/c1-30(2)47(77-53(93)39-11-7-17-79(39)44(85)21-60)55(95)69-27-45(86)80-18-8-12-40(80)54(94)78-48(31(3)81)56(96)68-26-41(82)72-35(9-4-5-15-59)51(91)76-37(19-32-22-63-28-70-32)50(90)67-25-43(84)74-38(20-33-23-64-29-71-33)52(92)75-34(10-6-16-65-58(61)62)49(89)66-24-42(83)73-36(57(97)98)13-14-46(87)88/h22-23,28-31,34-40,47-48,81H,4-21,24-27,59-60H2,1-3H3,(H,63,70)(H,64,71)(H,66,89)(H,67,90)(H,68,96)(H,69,95)(H,72,82)(H,73,83)(H,74,84)(H,75,92)(H,76,91)(H,77,93)(H,78,94)(H,87,88)(H,97,98)(H4,61,62,65)/t31-,34+,35+,36+,37+,38+,39+,40+,47+,48+/m1/s1. The fraction of sp³-hybridized carbons (Fsp3) is 0.621. The number of unbranched alkanes of at least 4 members (excludes halogenated alkanes) is 1. The Kier molecular flexibility index (Phi) is 33.4. The van der Waals surface area contributed by atoms with Crippen LogP contribution in [0.15, 0.2) is 30.0 Å². The minimum Gasteiger partial charge on any atom is -0.481 e. The van der Waals surface area contributed by atoms with Crippen molar-refractivity contribution in [1.82, 2.24) is 88.2 Å². The molecule has 40 nitrogen and oxygen atoms in total. The zero-order valence-corrected chi connectivity index (χ0v) is 54.7. The number of aromatic nitrogens is 4. The summed E-state index contributed by atoms with van der Waals surface area (Å²) in [7, 11) is 0. The topological polar surface area (TPSA) is 629 Å². The number of carbonyl (C=O) groups excluding carboxylic acids is 13. The lowest BCUT2D eigenvalue weighted by Gasteiger charge is -2.29. The lowest BCUT2D eigenvalue weighted by Crippen LogP contribution is -2.59. The van der Waals surface area contributed by atoms with E-state index in [1.54, 1.807) is 13.8 Å². The van der Waals surface area contributed by atoms with Crippen LogP contribution in [0.5, 0.6) is 0 Å². The number of nitrogens with zero attached hydrogens (tertiary/aromatic N) is 5. The molecule has 2 saturated heterocycles. The van der Waals surface area contributed by atoms with E-state index in [0.29, 0.717) is 43.6 Å². The minimum absolute atomic E-state index is 0.0133. The fourth-order valence-electron chi connectivity index (χ4n) is 10.5. The zero-order valence-electron chi connectivity index (χ0n) is 54.7. The number of aliphatic imine (C=N–C) groups is 1. The van der Waals surface area contributed by atoms with Crippen LogP contribution in [0.4, 0.5) is 0 Å². The first-order chi connectivity index (χ1) is 46.5. The average Bonchev–Trinajstić information content (AvgIpc) is 1.71. The smallest absolute Gasteiger partial charge is 0.326 e. The van der Waals surface area contributed by atoms with Gasteiger partial charge in [-0.3, -0.25) is 72.1 Å². The number of imidazole rings is 2. The summed E-state index contributed by atoms with van der Waals surface area (Å²) in [5.41, 5.74) is 22.8. The Balaban J connectivity index is 1.39. The van der Waals surface area contributed by atoms with Gasteiger partial charge in [0.15, 0.2) is 5.96 Å². The Morgan fingerprint density at radius 2 is 1.00 bits per heavy atom. The molecule has 2 aliphatic heterocycles. The third-order valence-electron chi connectivity index (χ3n) is 15.6. The molecule has 24 N–H and O–H groups in total. The fourth-order valence-corrected chi connectivity index (χ4v) is 10.5. The number of carboxylic acids is 2. The number of guanidine groups is 1. The maximum absolute atomic E-state index is 14.1. The summed E-state index contributed by atoms with van der Waals surface area (Å²) in [6.07, 6.45) is 4.17. The van der Waals surface area contributed by atoms with Crippen molar-refractivity contribution in [3.8, 4) is 0 Å². The predicted molar refractivity (Wildman–Crippen MR) is 343 cm³/mol. The molecule has 2 aromatic heterocycles. The number of carboxylic acid groups (broad SMARTS) is 2. The van der Waals surface area contributed by atoms with Crippen LogP contribution in [0, 0.1) is 5.92 Å². The van der Waals surface area contributed by atoms with Crippen molar-refractivity contribution in [2.75, 3.05) is 58.9 Å². The van der Waals surface area contributed by atoms with E-state index in [0.717, 1.165) is 0 Å². The highest BCUT2D eigenvalue weighted by molar-refractivity contribution is 5.99. The first-order valence-electron chi connectivity index (χ1n) is 31.9. The molecule has 2 aromatic rings. The molecule has 10 atom stereocenters. The van der Waals surface area contributed by atoms with Gasteiger partial charge in [-0.05, 0) is 83.6 Å². The van der Waals surface area contributed by atoms with E-state index in [9.17, 15) is 82.1 Å². The Labute approximate surface area is 562 Å². The number of aliphatic hydroxyl groups is 1. The molecule has 2 fully saturated rings. The average molecular weight is 1390 g/mol. The van der Waals surface area contributed by atoms with E-state index in [1.807, 2.05) is 0 Å². The van der Waals surface area contributed by atoms with Crippen LogP contribution in [-0.2, 0) is 84.8 Å². The molecule has 98 heavy (non-hydrogen) atoms. The Morgan fingerprint density at radius 1 is 0.551 bits per heavy atom. The van der Waals surface area contributed by atoms with E-state index in [4.69, 9.17) is 28.0 Å². The van der Waals surface area contributed by atoms with Crippen molar-refractivity contribution in [2.45, 2.75) is 165 Å². The molecule has 0 unspecified atom stereocenters. The lowest BCUT2D eigenvalue weighted by atomic mass is 10.0. The van der Waals surface area contributed by atoms with Crippen LogP contribution in [0.2, 0.25) is 0 Å². The summed E-state index contributed by atoms with van der Waals surface area (Å²) in [5, 5.41) is 55.9. The number of nitrogens with one attached hydrogen (secondary N) is 13. The SMILES string of the molecule is CC(C)[C@H](NC(=O)[C@@H]1CCCN1C(=O)CN)C(=O)NCC(=O)N1CCC[C@H]1C(=O)N[C@H](C(=O)NCC(=O)N[C@@H](CCCCN)C(=O)N[C@@H](Cc1cnc[nH]1)C(=O)NCC(=O)N[C@@H](Cc1cnc[nH]1)C(=O)N[C@@H](CCCN=C(N)N)C(=O)NCC(=O)N[C@@H](CCC(=O)O)C(=O)O)[C@@H](C)O. The van der Waals surface area contributed by atoms with Crippen LogP contribution in [0.25, 0.3) is 0 Å². The summed E-state index contributed by atoms with van der Waals surface area (Å²) in [5.74, 6) is -14.4. The summed E-state index contributed by atoms with van der Waals surface area (Å²) < 4.78 is 0. The number of aromatic amines is 2. The predicted octanol–water partition coefficient (Wildman–Crippen LogP) is -9.11. The quantitative estimate of drug-likeness (QED) is 0.0167. The van der Waals surface area contributed by atoms with Gasteiger partial charge in [0.25, 0.3) is 0 Å². The third-order valence-corrected chi connectivity index (χ3v) is 15.6. The highest BCUT2D eigenvalue weighted by atomic mass is 16.4. The molecule has 0 bridgehead atoms. The molecule has 0 aromatic carbocycles. The van der Waals surface area contributed by atoms with E-state index < -0.39 is 194 Å². The van der Waals surface area contributed by atoms with Gasteiger partial charge in [-0.1, -0.05) is 13.8 Å². The zero-order chi connectivity index (χ0) is 72.6. The van der Waals surface area contributed by atoms with Crippen molar-refractivity contribution in [2.24, 2.45) is 33.8 Å². The molecule has 542 valence electrons. The lowest BCUT2D eigenvalue weighted by molar-refractivity contribution is -0.143. The Morgan fingerprint density at radius 3 is 1.49 bits per heavy atom. The molecule has 2 aliphatic rings. The number of rotatable bonds is 42. The molecule has 4 rings (SSSR count). The number of H-pyrrole nitrogens is 2. The molecule has 0 saturated carbocycles. The van der Waals surface area contributed by atoms with E-state index in [1.165, 1.54) is 41.8 Å². The number of likely N-dealkylation sites (tertiary alicyclic amines) is 2. The second-order valence-corrected chi connectivity index (χ2v) is 23.6. The number of amides is 13. The first-order valence-corrected chi connectivity index (χ1v) is 31.9. The second kappa shape index (κ2) is 40.9. The van der Waals surface area contributed by atoms with E-state index >= 15 is 0 Å².